The number of anilines is 1. The minimum atomic E-state index is -0.999. The molecule has 0 radical (unpaired) electrons. The van der Waals surface area contributed by atoms with E-state index < -0.39 is 11.1 Å². The van der Waals surface area contributed by atoms with E-state index in [2.05, 4.69) is 10.6 Å². The van der Waals surface area contributed by atoms with Gasteiger partial charge >= 0.3 is 6.03 Å². The van der Waals surface area contributed by atoms with Crippen LogP contribution in [0.15, 0.2) is 30.3 Å². The lowest BCUT2D eigenvalue weighted by atomic mass is 9.86. The molecule has 94 valence electrons. The van der Waals surface area contributed by atoms with Crippen LogP contribution in [0, 0.1) is 0 Å². The molecule has 4 heteroatoms. The molecule has 0 atom stereocenters. The van der Waals surface area contributed by atoms with E-state index in [1.165, 1.54) is 0 Å². The van der Waals surface area contributed by atoms with Crippen LogP contribution in [0.5, 0.6) is 0 Å². The zero-order valence-electron chi connectivity index (χ0n) is 10.7. The van der Waals surface area contributed by atoms with E-state index in [0.29, 0.717) is 0 Å². The van der Waals surface area contributed by atoms with Crippen molar-refractivity contribution in [2.75, 3.05) is 5.32 Å². The van der Waals surface area contributed by atoms with E-state index in [1.807, 2.05) is 18.2 Å². The number of hydrogen-bond donors (Lipinski definition) is 3. The molecule has 1 aromatic rings. The topological polar surface area (TPSA) is 61.4 Å². The van der Waals surface area contributed by atoms with Crippen molar-refractivity contribution in [3.05, 3.63) is 30.3 Å². The molecule has 0 saturated heterocycles. The van der Waals surface area contributed by atoms with Crippen LogP contribution in [-0.4, -0.2) is 22.3 Å². The monoisotopic (exact) mass is 236 g/mol. The number of para-hydroxylation sites is 1. The number of nitrogens with one attached hydrogen (secondary N) is 2. The first-order chi connectivity index (χ1) is 7.72. The third-order valence-electron chi connectivity index (χ3n) is 2.99. The van der Waals surface area contributed by atoms with Crippen molar-refractivity contribution >= 4 is 11.7 Å². The predicted molar refractivity (Wildman–Crippen MR) is 69.0 cm³/mol. The molecule has 4 nitrogen and oxygen atoms in total. The number of amides is 2. The number of carbonyl (C=O) groups excluding carboxylic acids is 1. The van der Waals surface area contributed by atoms with Crippen LogP contribution < -0.4 is 10.6 Å². The molecule has 1 aromatic carbocycles. The lowest BCUT2D eigenvalue weighted by molar-refractivity contribution is 0.00185. The maximum atomic E-state index is 11.7. The van der Waals surface area contributed by atoms with Crippen molar-refractivity contribution in [3.63, 3.8) is 0 Å². The summed E-state index contributed by atoms with van der Waals surface area (Å²) in [5.74, 6) is 0. The van der Waals surface area contributed by atoms with Gasteiger partial charge in [-0.1, -0.05) is 18.2 Å². The van der Waals surface area contributed by atoms with Crippen molar-refractivity contribution in [3.8, 4) is 0 Å². The fraction of sp³-hybridized carbons (Fsp3) is 0.462. The molecule has 2 amide bonds. The van der Waals surface area contributed by atoms with Gasteiger partial charge in [0.25, 0.3) is 0 Å². The summed E-state index contributed by atoms with van der Waals surface area (Å²) >= 11 is 0. The Morgan fingerprint density at radius 1 is 1.12 bits per heavy atom. The van der Waals surface area contributed by atoms with Crippen LogP contribution >= 0.6 is 0 Å². The molecule has 1 rings (SSSR count). The Morgan fingerprint density at radius 2 is 1.65 bits per heavy atom. The van der Waals surface area contributed by atoms with Crippen molar-refractivity contribution in [1.82, 2.24) is 5.32 Å². The standard InChI is InChI=1S/C13H20N2O2/c1-12(2,13(3,4)17)15-11(16)14-10-8-6-5-7-9-10/h5-9,17H,1-4H3,(H2,14,15,16). The molecule has 0 fully saturated rings. The highest BCUT2D eigenvalue weighted by Crippen LogP contribution is 2.20. The summed E-state index contributed by atoms with van der Waals surface area (Å²) in [6.07, 6.45) is 0. The van der Waals surface area contributed by atoms with Gasteiger partial charge in [0.05, 0.1) is 11.1 Å². The summed E-state index contributed by atoms with van der Waals surface area (Å²) in [5, 5.41) is 15.4. The van der Waals surface area contributed by atoms with Gasteiger partial charge < -0.3 is 15.7 Å². The Balaban J connectivity index is 2.62. The average Bonchev–Trinajstić information content (AvgIpc) is 2.16. The number of benzene rings is 1. The van der Waals surface area contributed by atoms with Crippen molar-refractivity contribution in [1.29, 1.82) is 0 Å². The van der Waals surface area contributed by atoms with E-state index >= 15 is 0 Å². The molecular weight excluding hydrogens is 216 g/mol. The van der Waals surface area contributed by atoms with E-state index in [0.717, 1.165) is 5.69 Å². The molecule has 0 aliphatic heterocycles. The summed E-state index contributed by atoms with van der Waals surface area (Å²) in [7, 11) is 0. The highest BCUT2D eigenvalue weighted by atomic mass is 16.3. The van der Waals surface area contributed by atoms with Gasteiger partial charge in [0.1, 0.15) is 0 Å². The molecule has 0 bridgehead atoms. The smallest absolute Gasteiger partial charge is 0.319 e. The Hall–Kier alpha value is -1.55. The summed E-state index contributed by atoms with van der Waals surface area (Å²) in [6.45, 7) is 6.88. The van der Waals surface area contributed by atoms with Crippen LogP contribution in [0.2, 0.25) is 0 Å². The lowest BCUT2D eigenvalue weighted by Crippen LogP contribution is -2.58. The van der Waals surface area contributed by atoms with Crippen LogP contribution in [0.1, 0.15) is 27.7 Å². The third kappa shape index (κ3) is 3.75. The number of aliphatic hydroxyl groups is 1. The summed E-state index contributed by atoms with van der Waals surface area (Å²) in [5.41, 5.74) is -0.996. The molecule has 0 unspecified atom stereocenters. The number of carbonyl (C=O) groups is 1. The average molecular weight is 236 g/mol. The van der Waals surface area contributed by atoms with Gasteiger partial charge in [-0.05, 0) is 39.8 Å². The quantitative estimate of drug-likeness (QED) is 0.754. The molecule has 0 saturated carbocycles. The van der Waals surface area contributed by atoms with E-state index in [-0.39, 0.29) is 6.03 Å². The van der Waals surface area contributed by atoms with Crippen LogP contribution in [0.4, 0.5) is 10.5 Å². The maximum Gasteiger partial charge on any atom is 0.319 e. The summed E-state index contributed by atoms with van der Waals surface area (Å²) in [4.78, 5) is 11.7. The van der Waals surface area contributed by atoms with Gasteiger partial charge in [-0.2, -0.15) is 0 Å². The SMILES string of the molecule is CC(C)(O)C(C)(C)NC(=O)Nc1ccccc1. The first-order valence-electron chi connectivity index (χ1n) is 5.59. The van der Waals surface area contributed by atoms with E-state index in [1.54, 1.807) is 39.8 Å². The first kappa shape index (κ1) is 13.5. The van der Waals surface area contributed by atoms with Gasteiger partial charge in [0, 0.05) is 5.69 Å². The molecule has 0 aliphatic rings. The van der Waals surface area contributed by atoms with Gasteiger partial charge in [-0.15, -0.1) is 0 Å². The van der Waals surface area contributed by atoms with Gasteiger partial charge in [-0.25, -0.2) is 4.79 Å². The summed E-state index contributed by atoms with van der Waals surface area (Å²) < 4.78 is 0. The highest BCUT2D eigenvalue weighted by molar-refractivity contribution is 5.89. The molecule has 3 N–H and O–H groups in total. The van der Waals surface area contributed by atoms with Gasteiger partial charge in [-0.3, -0.25) is 0 Å². The second-order valence-electron chi connectivity index (χ2n) is 5.13. The molecule has 0 aromatic heterocycles. The summed E-state index contributed by atoms with van der Waals surface area (Å²) in [6, 6.07) is 8.84. The fourth-order valence-electron chi connectivity index (χ4n) is 1.12. The Labute approximate surface area is 102 Å². The minimum Gasteiger partial charge on any atom is -0.388 e. The van der Waals surface area contributed by atoms with Crippen molar-refractivity contribution < 1.29 is 9.90 Å². The van der Waals surface area contributed by atoms with Crippen LogP contribution in [0.25, 0.3) is 0 Å². The third-order valence-corrected chi connectivity index (χ3v) is 2.99. The normalized spacial score (nSPS) is 12.1. The number of urea groups is 1. The van der Waals surface area contributed by atoms with Crippen molar-refractivity contribution in [2.24, 2.45) is 0 Å². The molecule has 0 heterocycles. The van der Waals surface area contributed by atoms with E-state index in [9.17, 15) is 9.90 Å². The van der Waals surface area contributed by atoms with Crippen LogP contribution in [0.3, 0.4) is 0 Å². The number of hydrogen-bond acceptors (Lipinski definition) is 2. The molecule has 17 heavy (non-hydrogen) atoms. The van der Waals surface area contributed by atoms with Crippen LogP contribution in [-0.2, 0) is 0 Å². The maximum absolute atomic E-state index is 11.7. The molecule has 0 aliphatic carbocycles. The number of rotatable bonds is 3. The second kappa shape index (κ2) is 4.75. The molecule has 0 spiro atoms. The Morgan fingerprint density at radius 3 is 2.12 bits per heavy atom. The van der Waals surface area contributed by atoms with Gasteiger partial charge in [0.2, 0.25) is 0 Å². The minimum absolute atomic E-state index is 0.330. The Kier molecular flexibility index (Phi) is 3.78. The lowest BCUT2D eigenvalue weighted by Gasteiger charge is -2.37. The first-order valence-corrected chi connectivity index (χ1v) is 5.59. The van der Waals surface area contributed by atoms with E-state index in [4.69, 9.17) is 0 Å². The largest absolute Gasteiger partial charge is 0.388 e. The second-order valence-corrected chi connectivity index (χ2v) is 5.13. The molecular formula is C13H20N2O2. The Bertz CT molecular complexity index is 380. The van der Waals surface area contributed by atoms with Crippen molar-refractivity contribution in [2.45, 2.75) is 38.8 Å². The zero-order chi connectivity index (χ0) is 13.1. The fourth-order valence-corrected chi connectivity index (χ4v) is 1.12. The highest BCUT2D eigenvalue weighted by Gasteiger charge is 2.36. The zero-order valence-corrected chi connectivity index (χ0v) is 10.7. The predicted octanol–water partition coefficient (Wildman–Crippen LogP) is 2.36. The van der Waals surface area contributed by atoms with Gasteiger partial charge in [0.15, 0.2) is 0 Å².